The van der Waals surface area contributed by atoms with Crippen LogP contribution in [0.5, 0.6) is 0 Å². The highest BCUT2D eigenvalue weighted by atomic mass is 127. The van der Waals surface area contributed by atoms with Gasteiger partial charge in [0.1, 0.15) is 12.1 Å². The monoisotopic (exact) mass is 469 g/mol. The van der Waals surface area contributed by atoms with E-state index in [4.69, 9.17) is 4.74 Å². The van der Waals surface area contributed by atoms with Crippen molar-refractivity contribution in [3.05, 3.63) is 11.1 Å². The maximum atomic E-state index is 11.7. The highest BCUT2D eigenvalue weighted by Crippen LogP contribution is 2.18. The molecule has 0 radical (unpaired) electrons. The van der Waals surface area contributed by atoms with Gasteiger partial charge in [-0.15, -0.1) is 35.3 Å². The fourth-order valence-corrected chi connectivity index (χ4v) is 2.36. The van der Waals surface area contributed by atoms with Gasteiger partial charge in [-0.3, -0.25) is 4.79 Å². The van der Waals surface area contributed by atoms with Crippen molar-refractivity contribution < 1.29 is 9.53 Å². The first-order chi connectivity index (χ1) is 10.7. The van der Waals surface area contributed by atoms with Crippen LogP contribution in [0, 0.1) is 0 Å². The van der Waals surface area contributed by atoms with Crippen LogP contribution in [-0.4, -0.2) is 49.7 Å². The van der Waals surface area contributed by atoms with Gasteiger partial charge in [-0.1, -0.05) is 0 Å². The number of guanidine groups is 1. The van der Waals surface area contributed by atoms with Crippen molar-refractivity contribution in [2.45, 2.75) is 39.8 Å². The maximum absolute atomic E-state index is 11.7. The Morgan fingerprint density at radius 2 is 2.04 bits per heavy atom. The van der Waals surface area contributed by atoms with Gasteiger partial charge in [0.2, 0.25) is 0 Å². The largest absolute Gasteiger partial charge is 0.459 e. The number of nitrogens with zero attached hydrogens (tertiary/aromatic N) is 3. The molecule has 9 heteroatoms. The van der Waals surface area contributed by atoms with Crippen LogP contribution in [0.15, 0.2) is 10.4 Å². The fourth-order valence-electron chi connectivity index (χ4n) is 1.61. The topological polar surface area (TPSA) is 78.9 Å². The molecule has 2 N–H and O–H groups in total. The number of aromatic nitrogens is 1. The van der Waals surface area contributed by atoms with Gasteiger partial charge in [0.15, 0.2) is 11.1 Å². The van der Waals surface area contributed by atoms with E-state index in [1.807, 2.05) is 52.1 Å². The van der Waals surface area contributed by atoms with E-state index in [0.717, 1.165) is 10.8 Å². The lowest BCUT2D eigenvalue weighted by atomic mass is 10.2. The Bertz CT molecular complexity index is 540. The van der Waals surface area contributed by atoms with Gasteiger partial charge >= 0.3 is 5.97 Å². The molecule has 0 fully saturated rings. The first-order valence-corrected chi connectivity index (χ1v) is 8.45. The molecule has 0 amide bonds. The summed E-state index contributed by atoms with van der Waals surface area (Å²) in [5.74, 6) is 0.254. The molecule has 1 rings (SSSR count). The van der Waals surface area contributed by atoms with Crippen LogP contribution in [0.1, 0.15) is 33.4 Å². The zero-order valence-electron chi connectivity index (χ0n) is 15.2. The smallest absolute Gasteiger partial charge is 0.325 e. The summed E-state index contributed by atoms with van der Waals surface area (Å²) in [7, 11) is 3.91. The summed E-state index contributed by atoms with van der Waals surface area (Å²) in [6.45, 7) is 8.73. The third kappa shape index (κ3) is 9.26. The zero-order chi connectivity index (χ0) is 17.5. The number of thiazole rings is 1. The first-order valence-electron chi connectivity index (χ1n) is 7.57. The van der Waals surface area contributed by atoms with E-state index >= 15 is 0 Å². The van der Waals surface area contributed by atoms with E-state index in [2.05, 4.69) is 20.6 Å². The second-order valence-corrected chi connectivity index (χ2v) is 6.99. The summed E-state index contributed by atoms with van der Waals surface area (Å²) in [5, 5.41) is 9.00. The van der Waals surface area contributed by atoms with Crippen molar-refractivity contribution in [2.75, 3.05) is 32.1 Å². The second-order valence-electron chi connectivity index (χ2n) is 6.15. The average molecular weight is 469 g/mol. The number of hydrogen-bond donors (Lipinski definition) is 2. The molecular formula is C15H28IN5O2S. The van der Waals surface area contributed by atoms with Crippen molar-refractivity contribution >= 4 is 52.4 Å². The molecule has 0 aromatic carbocycles. The predicted molar refractivity (Wildman–Crippen MR) is 111 cm³/mol. The lowest BCUT2D eigenvalue weighted by Crippen LogP contribution is -2.41. The van der Waals surface area contributed by atoms with E-state index < -0.39 is 5.60 Å². The predicted octanol–water partition coefficient (Wildman–Crippen LogP) is 2.22. The number of hydrogen-bond acceptors (Lipinski definition) is 6. The quantitative estimate of drug-likeness (QED) is 0.288. The molecular weight excluding hydrogens is 441 g/mol. The SMILES string of the molecule is CCNC(=NCc1csc(N(C)C)n1)NCC(=O)OC(C)(C)C.I. The summed E-state index contributed by atoms with van der Waals surface area (Å²) in [4.78, 5) is 22.6. The molecule has 0 aliphatic carbocycles. The van der Waals surface area contributed by atoms with E-state index in [9.17, 15) is 4.79 Å². The first kappa shape index (κ1) is 22.9. The Morgan fingerprint density at radius 3 is 2.54 bits per heavy atom. The van der Waals surface area contributed by atoms with E-state index in [0.29, 0.717) is 19.0 Å². The van der Waals surface area contributed by atoms with Gasteiger partial charge in [0.05, 0.1) is 12.2 Å². The molecule has 0 saturated heterocycles. The van der Waals surface area contributed by atoms with Crippen LogP contribution in [0.25, 0.3) is 0 Å². The van der Waals surface area contributed by atoms with Crippen LogP contribution in [0.3, 0.4) is 0 Å². The minimum atomic E-state index is -0.489. The number of esters is 1. The molecule has 0 spiro atoms. The molecule has 0 aliphatic heterocycles. The molecule has 0 bridgehead atoms. The Labute approximate surface area is 165 Å². The molecule has 0 aliphatic rings. The summed E-state index contributed by atoms with van der Waals surface area (Å²) in [6, 6.07) is 0. The molecule has 24 heavy (non-hydrogen) atoms. The Balaban J connectivity index is 0.00000529. The third-order valence-electron chi connectivity index (χ3n) is 2.49. The minimum absolute atomic E-state index is 0. The third-order valence-corrected chi connectivity index (χ3v) is 3.54. The van der Waals surface area contributed by atoms with Crippen LogP contribution in [-0.2, 0) is 16.1 Å². The van der Waals surface area contributed by atoms with E-state index in [1.165, 1.54) is 0 Å². The molecule has 1 aromatic heterocycles. The average Bonchev–Trinajstić information content (AvgIpc) is 2.89. The second kappa shape index (κ2) is 10.7. The summed E-state index contributed by atoms with van der Waals surface area (Å²) in [5.41, 5.74) is 0.408. The van der Waals surface area contributed by atoms with Crippen molar-refractivity contribution in [3.63, 3.8) is 0 Å². The number of carbonyl (C=O) groups is 1. The van der Waals surface area contributed by atoms with Crippen molar-refractivity contribution in [1.82, 2.24) is 15.6 Å². The van der Waals surface area contributed by atoms with Crippen molar-refractivity contribution in [3.8, 4) is 0 Å². The molecule has 1 aromatic rings. The zero-order valence-corrected chi connectivity index (χ0v) is 18.3. The molecule has 138 valence electrons. The van der Waals surface area contributed by atoms with Crippen molar-refractivity contribution in [1.29, 1.82) is 0 Å². The number of ether oxygens (including phenoxy) is 1. The summed E-state index contributed by atoms with van der Waals surface area (Å²) < 4.78 is 5.26. The Hall–Kier alpha value is -1.10. The number of rotatable bonds is 6. The summed E-state index contributed by atoms with van der Waals surface area (Å²) >= 11 is 1.58. The number of nitrogens with one attached hydrogen (secondary N) is 2. The van der Waals surface area contributed by atoms with Crippen LogP contribution >= 0.6 is 35.3 Å². The number of halogens is 1. The fraction of sp³-hybridized carbons (Fsp3) is 0.667. The van der Waals surface area contributed by atoms with E-state index in [1.54, 1.807) is 11.3 Å². The van der Waals surface area contributed by atoms with Gasteiger partial charge in [0, 0.05) is 26.0 Å². The lowest BCUT2D eigenvalue weighted by Gasteiger charge is -2.20. The molecule has 0 unspecified atom stereocenters. The van der Waals surface area contributed by atoms with Crippen molar-refractivity contribution in [2.24, 2.45) is 4.99 Å². The van der Waals surface area contributed by atoms with E-state index in [-0.39, 0.29) is 36.5 Å². The number of aliphatic imine (C=N–C) groups is 1. The van der Waals surface area contributed by atoms with Gasteiger partial charge in [-0.05, 0) is 27.7 Å². The minimum Gasteiger partial charge on any atom is -0.459 e. The normalized spacial score (nSPS) is 11.5. The Morgan fingerprint density at radius 1 is 1.38 bits per heavy atom. The molecule has 0 saturated carbocycles. The lowest BCUT2D eigenvalue weighted by molar-refractivity contribution is -0.153. The Kier molecular flexibility index (Phi) is 10.2. The van der Waals surface area contributed by atoms with Crippen LogP contribution in [0.4, 0.5) is 5.13 Å². The molecule has 7 nitrogen and oxygen atoms in total. The standard InChI is InChI=1S/C15H27N5O2S.HI/c1-7-16-13(18-9-12(21)22-15(2,3)4)17-8-11-10-23-14(19-11)20(5)6;/h10H,7-9H2,1-6H3,(H2,16,17,18);1H. The highest BCUT2D eigenvalue weighted by Gasteiger charge is 2.16. The summed E-state index contributed by atoms with van der Waals surface area (Å²) in [6.07, 6.45) is 0. The number of anilines is 1. The van der Waals surface area contributed by atoms with Crippen LogP contribution < -0.4 is 15.5 Å². The molecule has 1 heterocycles. The van der Waals surface area contributed by atoms with Crippen LogP contribution in [0.2, 0.25) is 0 Å². The molecule has 0 atom stereocenters. The van der Waals surface area contributed by atoms with Gasteiger partial charge < -0.3 is 20.3 Å². The maximum Gasteiger partial charge on any atom is 0.325 e. The van der Waals surface area contributed by atoms with Gasteiger partial charge in [-0.25, -0.2) is 9.98 Å². The number of carbonyl (C=O) groups excluding carboxylic acids is 1. The van der Waals surface area contributed by atoms with Gasteiger partial charge in [0.25, 0.3) is 0 Å². The van der Waals surface area contributed by atoms with Gasteiger partial charge in [-0.2, -0.15) is 0 Å². The highest BCUT2D eigenvalue weighted by molar-refractivity contribution is 14.0.